The molecule has 2 N–H and O–H groups in total. The van der Waals surface area contributed by atoms with Gasteiger partial charge in [0.2, 0.25) is 0 Å². The number of halogens is 1. The maximum atomic E-state index is 11.9. The maximum Gasteiger partial charge on any atom is 0.342 e. The molecule has 0 atom stereocenters. The second kappa shape index (κ2) is 8.53. The fraction of sp³-hybridized carbons (Fsp3) is 0.176. The van der Waals surface area contributed by atoms with Gasteiger partial charge in [-0.2, -0.15) is 0 Å². The minimum Gasteiger partial charge on any atom is -0.507 e. The molecule has 0 aliphatic rings. The van der Waals surface area contributed by atoms with Crippen molar-refractivity contribution in [1.82, 2.24) is 5.32 Å². The van der Waals surface area contributed by atoms with E-state index in [2.05, 4.69) is 5.32 Å². The largest absolute Gasteiger partial charge is 0.507 e. The first-order valence-electron chi connectivity index (χ1n) is 7.05. The predicted molar refractivity (Wildman–Crippen MR) is 95.9 cm³/mol. The van der Waals surface area contributed by atoms with Crippen molar-refractivity contribution >= 4 is 34.5 Å². The van der Waals surface area contributed by atoms with Crippen molar-refractivity contribution in [1.29, 1.82) is 0 Å². The number of benzene rings is 2. The number of carbonyl (C=O) groups is 2. The molecular formula is C17H16INO5. The zero-order valence-corrected chi connectivity index (χ0v) is 15.1. The van der Waals surface area contributed by atoms with Crippen molar-refractivity contribution in [2.75, 3.05) is 13.7 Å². The fourth-order valence-electron chi connectivity index (χ4n) is 1.97. The molecule has 0 saturated heterocycles. The first kappa shape index (κ1) is 18.1. The Hall–Kier alpha value is -2.29. The standard InChI is InChI=1S/C17H16INO5/c1-23-15-5-3-2-4-11(15)9-19-16(21)10-24-17(22)13-8-12(18)6-7-14(13)20/h2-8,20H,9-10H2,1H3,(H,19,21). The van der Waals surface area contributed by atoms with E-state index in [1.54, 1.807) is 19.2 Å². The fourth-order valence-corrected chi connectivity index (χ4v) is 2.47. The summed E-state index contributed by atoms with van der Waals surface area (Å²) in [7, 11) is 1.55. The minimum absolute atomic E-state index is 0.0272. The summed E-state index contributed by atoms with van der Waals surface area (Å²) in [4.78, 5) is 23.7. The van der Waals surface area contributed by atoms with Crippen molar-refractivity contribution in [2.24, 2.45) is 0 Å². The van der Waals surface area contributed by atoms with Crippen LogP contribution < -0.4 is 10.1 Å². The van der Waals surface area contributed by atoms with E-state index >= 15 is 0 Å². The van der Waals surface area contributed by atoms with Crippen LogP contribution in [0.4, 0.5) is 0 Å². The van der Waals surface area contributed by atoms with E-state index in [4.69, 9.17) is 9.47 Å². The number of carbonyl (C=O) groups excluding carboxylic acids is 2. The van der Waals surface area contributed by atoms with E-state index in [1.165, 1.54) is 12.1 Å². The molecule has 24 heavy (non-hydrogen) atoms. The Balaban J connectivity index is 1.87. The van der Waals surface area contributed by atoms with Gasteiger partial charge in [-0.1, -0.05) is 18.2 Å². The molecular weight excluding hydrogens is 425 g/mol. The lowest BCUT2D eigenvalue weighted by atomic mass is 10.2. The van der Waals surface area contributed by atoms with Gasteiger partial charge in [-0.05, 0) is 46.9 Å². The van der Waals surface area contributed by atoms with Gasteiger partial charge in [-0.15, -0.1) is 0 Å². The van der Waals surface area contributed by atoms with Crippen LogP contribution in [0.25, 0.3) is 0 Å². The highest BCUT2D eigenvalue weighted by molar-refractivity contribution is 14.1. The molecule has 2 aromatic carbocycles. The number of phenolic OH excluding ortho intramolecular Hbond substituents is 1. The third kappa shape index (κ3) is 4.85. The summed E-state index contributed by atoms with van der Waals surface area (Å²) in [6, 6.07) is 11.8. The van der Waals surface area contributed by atoms with Crippen LogP contribution in [0.1, 0.15) is 15.9 Å². The van der Waals surface area contributed by atoms with E-state index in [0.717, 1.165) is 9.13 Å². The van der Waals surface area contributed by atoms with E-state index in [0.29, 0.717) is 5.75 Å². The number of phenols is 1. The molecule has 0 unspecified atom stereocenters. The van der Waals surface area contributed by atoms with Crippen LogP contribution in [-0.4, -0.2) is 30.7 Å². The van der Waals surface area contributed by atoms with E-state index < -0.39 is 18.5 Å². The first-order valence-corrected chi connectivity index (χ1v) is 8.13. The van der Waals surface area contributed by atoms with Gasteiger partial charge in [0.05, 0.1) is 7.11 Å². The van der Waals surface area contributed by atoms with Crippen LogP contribution in [0, 0.1) is 3.57 Å². The highest BCUT2D eigenvalue weighted by Gasteiger charge is 2.15. The lowest BCUT2D eigenvalue weighted by molar-refractivity contribution is -0.124. The summed E-state index contributed by atoms with van der Waals surface area (Å²) in [5, 5.41) is 12.3. The summed E-state index contributed by atoms with van der Waals surface area (Å²) >= 11 is 2.01. The molecule has 0 saturated carbocycles. The molecule has 6 nitrogen and oxygen atoms in total. The van der Waals surface area contributed by atoms with Crippen molar-refractivity contribution < 1.29 is 24.2 Å². The normalized spacial score (nSPS) is 10.1. The third-order valence-electron chi connectivity index (χ3n) is 3.18. The van der Waals surface area contributed by atoms with Crippen LogP contribution in [0.3, 0.4) is 0 Å². The number of rotatable bonds is 6. The molecule has 0 heterocycles. The predicted octanol–water partition coefficient (Wildman–Crippen LogP) is 2.48. The van der Waals surface area contributed by atoms with E-state index in [1.807, 2.05) is 40.8 Å². The first-order chi connectivity index (χ1) is 11.5. The zero-order valence-electron chi connectivity index (χ0n) is 12.9. The van der Waals surface area contributed by atoms with Crippen molar-refractivity contribution in [3.8, 4) is 11.5 Å². The smallest absolute Gasteiger partial charge is 0.342 e. The average Bonchev–Trinajstić information content (AvgIpc) is 2.60. The number of methoxy groups -OCH3 is 1. The lowest BCUT2D eigenvalue weighted by Crippen LogP contribution is -2.28. The van der Waals surface area contributed by atoms with Gasteiger partial charge in [0, 0.05) is 15.7 Å². The molecule has 2 aromatic rings. The van der Waals surface area contributed by atoms with Crippen LogP contribution >= 0.6 is 22.6 Å². The van der Waals surface area contributed by atoms with Gasteiger partial charge < -0.3 is 19.9 Å². The molecule has 0 aliphatic heterocycles. The Morgan fingerprint density at radius 1 is 1.21 bits per heavy atom. The molecule has 7 heteroatoms. The Bertz CT molecular complexity index is 748. The number of hydrogen-bond acceptors (Lipinski definition) is 5. The second-order valence-electron chi connectivity index (χ2n) is 4.83. The van der Waals surface area contributed by atoms with Crippen LogP contribution in [0.2, 0.25) is 0 Å². The van der Waals surface area contributed by atoms with Crippen molar-refractivity contribution in [3.05, 3.63) is 57.2 Å². The minimum atomic E-state index is -0.751. The number of aromatic hydroxyl groups is 1. The molecule has 1 amide bonds. The van der Waals surface area contributed by atoms with Crippen LogP contribution in [0.15, 0.2) is 42.5 Å². The Kier molecular flexibility index (Phi) is 6.42. The molecule has 0 radical (unpaired) electrons. The number of esters is 1. The molecule has 0 spiro atoms. The van der Waals surface area contributed by atoms with Gasteiger partial charge in [0.1, 0.15) is 17.1 Å². The molecule has 126 valence electrons. The quantitative estimate of drug-likeness (QED) is 0.532. The van der Waals surface area contributed by atoms with Crippen LogP contribution in [-0.2, 0) is 16.1 Å². The maximum absolute atomic E-state index is 11.9. The summed E-state index contributed by atoms with van der Waals surface area (Å²) in [6.45, 7) is -0.173. The highest BCUT2D eigenvalue weighted by Crippen LogP contribution is 2.20. The summed E-state index contributed by atoms with van der Waals surface area (Å²) in [6.07, 6.45) is 0. The number of ether oxygens (including phenoxy) is 2. The second-order valence-corrected chi connectivity index (χ2v) is 6.07. The molecule has 0 aromatic heterocycles. The highest BCUT2D eigenvalue weighted by atomic mass is 127. The van der Waals surface area contributed by atoms with Crippen LogP contribution in [0.5, 0.6) is 11.5 Å². The van der Waals surface area contributed by atoms with E-state index in [-0.39, 0.29) is 17.9 Å². The Morgan fingerprint density at radius 3 is 2.71 bits per heavy atom. The van der Waals surface area contributed by atoms with Gasteiger partial charge >= 0.3 is 5.97 Å². The average molecular weight is 441 g/mol. The SMILES string of the molecule is COc1ccccc1CNC(=O)COC(=O)c1cc(I)ccc1O. The van der Waals surface area contributed by atoms with E-state index in [9.17, 15) is 14.7 Å². The summed E-state index contributed by atoms with van der Waals surface area (Å²) in [5.74, 6) is -0.716. The number of amides is 1. The zero-order chi connectivity index (χ0) is 17.5. The molecule has 2 rings (SSSR count). The van der Waals surface area contributed by atoms with Gasteiger partial charge in [-0.25, -0.2) is 4.79 Å². The number of para-hydroxylation sites is 1. The van der Waals surface area contributed by atoms with Gasteiger partial charge in [-0.3, -0.25) is 4.79 Å². The third-order valence-corrected chi connectivity index (χ3v) is 3.85. The monoisotopic (exact) mass is 441 g/mol. The number of nitrogens with one attached hydrogen (secondary N) is 1. The molecule has 0 aliphatic carbocycles. The summed E-state index contributed by atoms with van der Waals surface area (Å²) < 4.78 is 10.9. The Morgan fingerprint density at radius 2 is 1.96 bits per heavy atom. The lowest BCUT2D eigenvalue weighted by Gasteiger charge is -2.10. The van der Waals surface area contributed by atoms with Crippen molar-refractivity contribution in [3.63, 3.8) is 0 Å². The summed E-state index contributed by atoms with van der Waals surface area (Å²) in [5.41, 5.74) is 0.842. The van der Waals surface area contributed by atoms with Gasteiger partial charge in [0.25, 0.3) is 5.91 Å². The number of hydrogen-bond donors (Lipinski definition) is 2. The Labute approximate surface area is 152 Å². The molecule has 0 bridgehead atoms. The topological polar surface area (TPSA) is 84.9 Å². The molecule has 0 fully saturated rings. The van der Waals surface area contributed by atoms with Crippen molar-refractivity contribution in [2.45, 2.75) is 6.54 Å². The van der Waals surface area contributed by atoms with Gasteiger partial charge in [0.15, 0.2) is 6.61 Å².